The highest BCUT2D eigenvalue weighted by Crippen LogP contribution is 2.18. The lowest BCUT2D eigenvalue weighted by atomic mass is 10.1. The van der Waals surface area contributed by atoms with Gasteiger partial charge in [-0.15, -0.1) is 0 Å². The molecule has 0 radical (unpaired) electrons. The highest BCUT2D eigenvalue weighted by molar-refractivity contribution is 6.35. The molecule has 1 aromatic carbocycles. The highest BCUT2D eigenvalue weighted by atomic mass is 19.1. The third-order valence-electron chi connectivity index (χ3n) is 3.43. The van der Waals surface area contributed by atoms with Gasteiger partial charge in [-0.3, -0.25) is 9.59 Å². The van der Waals surface area contributed by atoms with Gasteiger partial charge < -0.3 is 15.5 Å². The maximum atomic E-state index is 13.0. The summed E-state index contributed by atoms with van der Waals surface area (Å²) in [4.78, 5) is 27.0. The molecule has 108 valence electrons. The summed E-state index contributed by atoms with van der Waals surface area (Å²) >= 11 is 0. The SMILES string of the molecule is CC(C)N1CCN(Cc2ccc(F)cc2N)C(=O)C1=O. The first-order chi connectivity index (χ1) is 9.40. The van der Waals surface area contributed by atoms with Crippen molar-refractivity contribution in [3.63, 3.8) is 0 Å². The van der Waals surface area contributed by atoms with E-state index in [1.807, 2.05) is 13.8 Å². The molecule has 1 heterocycles. The van der Waals surface area contributed by atoms with Gasteiger partial charge in [0.1, 0.15) is 5.82 Å². The average Bonchev–Trinajstić information content (AvgIpc) is 2.37. The van der Waals surface area contributed by atoms with Gasteiger partial charge in [0.25, 0.3) is 0 Å². The number of piperazine rings is 1. The first kappa shape index (κ1) is 14.3. The van der Waals surface area contributed by atoms with E-state index in [9.17, 15) is 14.0 Å². The Kier molecular flexibility index (Phi) is 3.92. The van der Waals surface area contributed by atoms with Crippen LogP contribution in [0.4, 0.5) is 10.1 Å². The molecule has 0 aromatic heterocycles. The summed E-state index contributed by atoms with van der Waals surface area (Å²) in [5.74, 6) is -1.45. The molecule has 0 saturated carbocycles. The monoisotopic (exact) mass is 279 g/mol. The second kappa shape index (κ2) is 5.48. The van der Waals surface area contributed by atoms with Gasteiger partial charge in [-0.05, 0) is 31.5 Å². The minimum Gasteiger partial charge on any atom is -0.398 e. The molecule has 0 aliphatic carbocycles. The molecule has 2 N–H and O–H groups in total. The summed E-state index contributed by atoms with van der Waals surface area (Å²) in [5.41, 5.74) is 6.65. The lowest BCUT2D eigenvalue weighted by Crippen LogP contribution is -2.55. The largest absolute Gasteiger partial charge is 0.398 e. The van der Waals surface area contributed by atoms with E-state index in [-0.39, 0.29) is 18.3 Å². The van der Waals surface area contributed by atoms with Crippen molar-refractivity contribution in [1.82, 2.24) is 9.80 Å². The number of nitrogen functional groups attached to an aromatic ring is 1. The van der Waals surface area contributed by atoms with Gasteiger partial charge in [0.05, 0.1) is 0 Å². The van der Waals surface area contributed by atoms with Crippen LogP contribution in [-0.4, -0.2) is 40.7 Å². The predicted octanol–water partition coefficient (Wildman–Crippen LogP) is 0.987. The number of rotatable bonds is 3. The number of hydrogen-bond donors (Lipinski definition) is 1. The first-order valence-corrected chi connectivity index (χ1v) is 6.54. The number of nitrogens with two attached hydrogens (primary N) is 1. The summed E-state index contributed by atoms with van der Waals surface area (Å²) in [7, 11) is 0. The third-order valence-corrected chi connectivity index (χ3v) is 3.43. The molecule has 1 aliphatic heterocycles. The van der Waals surface area contributed by atoms with E-state index in [4.69, 9.17) is 5.73 Å². The Labute approximate surface area is 117 Å². The fraction of sp³-hybridized carbons (Fsp3) is 0.429. The molecular weight excluding hydrogens is 261 g/mol. The van der Waals surface area contributed by atoms with Crippen LogP contribution in [-0.2, 0) is 16.1 Å². The molecule has 0 atom stereocenters. The average molecular weight is 279 g/mol. The lowest BCUT2D eigenvalue weighted by molar-refractivity contribution is -0.157. The van der Waals surface area contributed by atoms with Crippen LogP contribution in [0.25, 0.3) is 0 Å². The molecule has 1 saturated heterocycles. The van der Waals surface area contributed by atoms with Crippen LogP contribution in [0.5, 0.6) is 0 Å². The highest BCUT2D eigenvalue weighted by Gasteiger charge is 2.33. The summed E-state index contributed by atoms with van der Waals surface area (Å²) in [6, 6.07) is 4.05. The maximum Gasteiger partial charge on any atom is 0.312 e. The summed E-state index contributed by atoms with van der Waals surface area (Å²) in [5, 5.41) is 0. The number of carbonyl (C=O) groups is 2. The molecule has 2 amide bonds. The van der Waals surface area contributed by atoms with E-state index >= 15 is 0 Å². The van der Waals surface area contributed by atoms with Gasteiger partial charge in [0.2, 0.25) is 0 Å². The normalized spacial score (nSPS) is 16.2. The molecule has 0 unspecified atom stereocenters. The quantitative estimate of drug-likeness (QED) is 0.662. The predicted molar refractivity (Wildman–Crippen MR) is 73.1 cm³/mol. The van der Waals surface area contributed by atoms with Crippen molar-refractivity contribution in [2.45, 2.75) is 26.4 Å². The van der Waals surface area contributed by atoms with Crippen molar-refractivity contribution in [2.75, 3.05) is 18.8 Å². The van der Waals surface area contributed by atoms with Crippen molar-refractivity contribution in [3.8, 4) is 0 Å². The number of benzene rings is 1. The van der Waals surface area contributed by atoms with Crippen LogP contribution in [0.3, 0.4) is 0 Å². The zero-order valence-electron chi connectivity index (χ0n) is 11.6. The van der Waals surface area contributed by atoms with Crippen LogP contribution in [0.1, 0.15) is 19.4 Å². The Morgan fingerprint density at radius 2 is 1.95 bits per heavy atom. The van der Waals surface area contributed by atoms with E-state index in [1.54, 1.807) is 4.90 Å². The van der Waals surface area contributed by atoms with Crippen molar-refractivity contribution in [1.29, 1.82) is 0 Å². The topological polar surface area (TPSA) is 66.6 Å². The molecule has 0 spiro atoms. The molecule has 1 aromatic rings. The molecule has 2 rings (SSSR count). The minimum atomic E-state index is -0.534. The van der Waals surface area contributed by atoms with E-state index in [2.05, 4.69) is 0 Å². The van der Waals surface area contributed by atoms with E-state index in [0.29, 0.717) is 18.7 Å². The molecule has 6 heteroatoms. The number of amides is 2. The number of hydrogen-bond acceptors (Lipinski definition) is 3. The smallest absolute Gasteiger partial charge is 0.312 e. The van der Waals surface area contributed by atoms with Crippen molar-refractivity contribution >= 4 is 17.5 Å². The number of halogens is 1. The number of anilines is 1. The molecule has 1 fully saturated rings. The van der Waals surface area contributed by atoms with Gasteiger partial charge in [-0.1, -0.05) is 6.07 Å². The second-order valence-electron chi connectivity index (χ2n) is 5.16. The Morgan fingerprint density at radius 3 is 2.55 bits per heavy atom. The molecular formula is C14H18FN3O2. The van der Waals surface area contributed by atoms with Crippen LogP contribution in [0.15, 0.2) is 18.2 Å². The minimum absolute atomic E-state index is 0.00416. The lowest BCUT2D eigenvalue weighted by Gasteiger charge is -2.36. The van der Waals surface area contributed by atoms with Crippen LogP contribution in [0.2, 0.25) is 0 Å². The van der Waals surface area contributed by atoms with Gasteiger partial charge in [-0.25, -0.2) is 4.39 Å². The van der Waals surface area contributed by atoms with Crippen LogP contribution in [0, 0.1) is 5.82 Å². The van der Waals surface area contributed by atoms with Crippen LogP contribution < -0.4 is 5.73 Å². The maximum absolute atomic E-state index is 13.0. The number of carbonyl (C=O) groups excluding carboxylic acids is 2. The van der Waals surface area contributed by atoms with Crippen molar-refractivity contribution < 1.29 is 14.0 Å². The van der Waals surface area contributed by atoms with E-state index < -0.39 is 17.6 Å². The van der Waals surface area contributed by atoms with E-state index in [1.165, 1.54) is 23.1 Å². The fourth-order valence-corrected chi connectivity index (χ4v) is 2.25. The van der Waals surface area contributed by atoms with Crippen LogP contribution >= 0.6 is 0 Å². The molecule has 20 heavy (non-hydrogen) atoms. The number of nitrogens with zero attached hydrogens (tertiary/aromatic N) is 2. The van der Waals surface area contributed by atoms with Gasteiger partial charge in [0.15, 0.2) is 0 Å². The summed E-state index contributed by atoms with van der Waals surface area (Å²) < 4.78 is 13.0. The first-order valence-electron chi connectivity index (χ1n) is 6.54. The third kappa shape index (κ3) is 2.74. The summed E-state index contributed by atoms with van der Waals surface area (Å²) in [6.45, 7) is 4.93. The van der Waals surface area contributed by atoms with Gasteiger partial charge in [-0.2, -0.15) is 0 Å². The molecule has 1 aliphatic rings. The second-order valence-corrected chi connectivity index (χ2v) is 5.16. The standard InChI is InChI=1S/C14H18FN3O2/c1-9(2)18-6-5-17(13(19)14(18)20)8-10-3-4-11(15)7-12(10)16/h3-4,7,9H,5-6,8,16H2,1-2H3. The van der Waals surface area contributed by atoms with Crippen molar-refractivity contribution in [3.05, 3.63) is 29.6 Å². The Balaban J connectivity index is 2.11. The zero-order valence-corrected chi connectivity index (χ0v) is 11.6. The molecule has 0 bridgehead atoms. The van der Waals surface area contributed by atoms with Gasteiger partial charge >= 0.3 is 11.8 Å². The molecule has 5 nitrogen and oxygen atoms in total. The van der Waals surface area contributed by atoms with Gasteiger partial charge in [0, 0.05) is 31.4 Å². The Hall–Kier alpha value is -2.11. The summed E-state index contributed by atoms with van der Waals surface area (Å²) in [6.07, 6.45) is 0. The zero-order chi connectivity index (χ0) is 14.9. The Bertz CT molecular complexity index is 545. The Morgan fingerprint density at radius 1 is 1.25 bits per heavy atom. The van der Waals surface area contributed by atoms with Crippen molar-refractivity contribution in [2.24, 2.45) is 0 Å². The fourth-order valence-electron chi connectivity index (χ4n) is 2.25. The van der Waals surface area contributed by atoms with E-state index in [0.717, 1.165) is 0 Å².